The third-order valence-electron chi connectivity index (χ3n) is 3.99. The molecule has 1 N–H and O–H groups in total. The van der Waals surface area contributed by atoms with Crippen LogP contribution in [0.1, 0.15) is 38.2 Å². The van der Waals surface area contributed by atoms with Gasteiger partial charge in [0.15, 0.2) is 5.78 Å². The zero-order valence-electron chi connectivity index (χ0n) is 12.6. The third kappa shape index (κ3) is 2.45. The van der Waals surface area contributed by atoms with Crippen molar-refractivity contribution in [3.63, 3.8) is 0 Å². The lowest BCUT2D eigenvalue weighted by Crippen LogP contribution is -2.07. The second-order valence-electron chi connectivity index (χ2n) is 5.58. The van der Waals surface area contributed by atoms with Crippen molar-refractivity contribution in [3.05, 3.63) is 63.7 Å². The van der Waals surface area contributed by atoms with Crippen LogP contribution in [0, 0.1) is 13.8 Å². The van der Waals surface area contributed by atoms with Crippen molar-refractivity contribution in [2.45, 2.75) is 26.9 Å². The molecule has 0 radical (unpaired) electrons. The second-order valence-corrected chi connectivity index (χ2v) is 5.58. The Morgan fingerprint density at radius 3 is 2.62 bits per heavy atom. The first-order chi connectivity index (χ1) is 10.1. The molecule has 0 saturated carbocycles. The van der Waals surface area contributed by atoms with Gasteiger partial charge in [-0.15, -0.1) is 0 Å². The summed E-state index contributed by atoms with van der Waals surface area (Å²) < 4.78 is 5.41. The van der Waals surface area contributed by atoms with Crippen LogP contribution in [0.2, 0.25) is 0 Å². The van der Waals surface area contributed by atoms with Crippen molar-refractivity contribution < 1.29 is 9.53 Å². The minimum atomic E-state index is 0.0269. The van der Waals surface area contributed by atoms with E-state index in [1.54, 1.807) is 7.11 Å². The highest BCUT2D eigenvalue weighted by molar-refractivity contribution is 6.11. The van der Waals surface area contributed by atoms with E-state index in [1.807, 2.05) is 44.2 Å². The minimum Gasteiger partial charge on any atom is -0.496 e. The van der Waals surface area contributed by atoms with E-state index in [9.17, 15) is 4.79 Å². The molecule has 0 aliphatic carbocycles. The average molecular weight is 281 g/mol. The molecule has 2 aromatic rings. The average Bonchev–Trinajstić information content (AvgIpc) is 2.93. The van der Waals surface area contributed by atoms with Crippen LogP contribution < -0.4 is 10.1 Å². The normalized spacial score (nSPS) is 13.1. The summed E-state index contributed by atoms with van der Waals surface area (Å²) in [6.07, 6.45) is 0. The van der Waals surface area contributed by atoms with Crippen molar-refractivity contribution in [2.75, 3.05) is 7.11 Å². The molecule has 1 aliphatic rings. The molecule has 0 atom stereocenters. The number of carbonyl (C=O) groups excluding carboxylic acids is 1. The molecule has 3 heteroatoms. The fourth-order valence-corrected chi connectivity index (χ4v) is 2.96. The van der Waals surface area contributed by atoms with Crippen molar-refractivity contribution in [1.82, 2.24) is 5.32 Å². The molecule has 0 fully saturated rings. The van der Waals surface area contributed by atoms with Gasteiger partial charge in [-0.3, -0.25) is 4.79 Å². The van der Waals surface area contributed by atoms with E-state index in [-0.39, 0.29) is 5.78 Å². The van der Waals surface area contributed by atoms with Crippen molar-refractivity contribution >= 4 is 5.78 Å². The van der Waals surface area contributed by atoms with Crippen LogP contribution in [0.25, 0.3) is 0 Å². The Kier molecular flexibility index (Phi) is 3.52. The second kappa shape index (κ2) is 5.34. The lowest BCUT2D eigenvalue weighted by Gasteiger charge is -2.12. The standard InChI is InChI=1S/C18H19NO2/c1-11-6-12(2)17(16(7-11)21-3)18(20)13-4-5-14-9-19-10-15(14)8-13/h4-8,19H,9-10H2,1-3H3. The highest BCUT2D eigenvalue weighted by atomic mass is 16.5. The lowest BCUT2D eigenvalue weighted by atomic mass is 9.94. The smallest absolute Gasteiger partial charge is 0.197 e. The number of fused-ring (bicyclic) bond motifs is 1. The zero-order valence-corrected chi connectivity index (χ0v) is 12.6. The van der Waals surface area contributed by atoms with Gasteiger partial charge in [0.05, 0.1) is 12.7 Å². The quantitative estimate of drug-likeness (QED) is 0.878. The predicted molar refractivity (Wildman–Crippen MR) is 82.9 cm³/mol. The van der Waals surface area contributed by atoms with Gasteiger partial charge in [-0.1, -0.05) is 18.2 Å². The van der Waals surface area contributed by atoms with Gasteiger partial charge >= 0.3 is 0 Å². The summed E-state index contributed by atoms with van der Waals surface area (Å²) in [4.78, 5) is 12.9. The molecular formula is C18H19NO2. The maximum Gasteiger partial charge on any atom is 0.197 e. The molecular weight excluding hydrogens is 262 g/mol. The van der Waals surface area contributed by atoms with Gasteiger partial charge in [0.2, 0.25) is 0 Å². The van der Waals surface area contributed by atoms with Crippen LogP contribution in [-0.4, -0.2) is 12.9 Å². The Labute approximate surface area is 124 Å². The molecule has 1 heterocycles. The van der Waals surface area contributed by atoms with Crippen LogP contribution in [0.5, 0.6) is 5.75 Å². The Morgan fingerprint density at radius 1 is 1.10 bits per heavy atom. The van der Waals surface area contributed by atoms with Crippen LogP contribution in [0.15, 0.2) is 30.3 Å². The molecule has 1 aliphatic heterocycles. The van der Waals surface area contributed by atoms with Gasteiger partial charge in [-0.25, -0.2) is 0 Å². The van der Waals surface area contributed by atoms with E-state index in [0.717, 1.165) is 29.8 Å². The molecule has 2 aromatic carbocycles. The lowest BCUT2D eigenvalue weighted by molar-refractivity contribution is 0.103. The first-order valence-corrected chi connectivity index (χ1v) is 7.12. The van der Waals surface area contributed by atoms with E-state index in [0.29, 0.717) is 11.3 Å². The van der Waals surface area contributed by atoms with E-state index < -0.39 is 0 Å². The maximum absolute atomic E-state index is 12.9. The Hall–Kier alpha value is -2.13. The number of benzene rings is 2. The van der Waals surface area contributed by atoms with E-state index in [1.165, 1.54) is 11.1 Å². The number of rotatable bonds is 3. The van der Waals surface area contributed by atoms with Crippen molar-refractivity contribution in [1.29, 1.82) is 0 Å². The summed E-state index contributed by atoms with van der Waals surface area (Å²) in [5, 5.41) is 3.30. The highest BCUT2D eigenvalue weighted by Gasteiger charge is 2.20. The molecule has 0 amide bonds. The molecule has 0 aromatic heterocycles. The monoisotopic (exact) mass is 281 g/mol. The number of carbonyl (C=O) groups is 1. The zero-order chi connectivity index (χ0) is 15.0. The Balaban J connectivity index is 2.06. The van der Waals surface area contributed by atoms with E-state index in [2.05, 4.69) is 5.32 Å². The molecule has 108 valence electrons. The van der Waals surface area contributed by atoms with Gasteiger partial charge in [0.25, 0.3) is 0 Å². The molecule has 0 spiro atoms. The van der Waals surface area contributed by atoms with Gasteiger partial charge in [-0.2, -0.15) is 0 Å². The molecule has 21 heavy (non-hydrogen) atoms. The first-order valence-electron chi connectivity index (χ1n) is 7.12. The molecule has 0 bridgehead atoms. The number of hydrogen-bond donors (Lipinski definition) is 1. The van der Waals surface area contributed by atoms with Crippen LogP contribution >= 0.6 is 0 Å². The maximum atomic E-state index is 12.9. The summed E-state index contributed by atoms with van der Waals surface area (Å²) in [7, 11) is 1.61. The number of aryl methyl sites for hydroxylation is 2. The molecule has 3 rings (SSSR count). The minimum absolute atomic E-state index is 0.0269. The van der Waals surface area contributed by atoms with Crippen LogP contribution in [-0.2, 0) is 13.1 Å². The van der Waals surface area contributed by atoms with E-state index >= 15 is 0 Å². The molecule has 3 nitrogen and oxygen atoms in total. The summed E-state index contributed by atoms with van der Waals surface area (Å²) in [5.74, 6) is 0.676. The number of nitrogens with one attached hydrogen (secondary N) is 1. The third-order valence-corrected chi connectivity index (χ3v) is 3.99. The summed E-state index contributed by atoms with van der Waals surface area (Å²) in [6.45, 7) is 5.68. The topological polar surface area (TPSA) is 38.3 Å². The highest BCUT2D eigenvalue weighted by Crippen LogP contribution is 2.28. The van der Waals surface area contributed by atoms with Gasteiger partial charge in [0.1, 0.15) is 5.75 Å². The van der Waals surface area contributed by atoms with Gasteiger partial charge < -0.3 is 10.1 Å². The van der Waals surface area contributed by atoms with Crippen molar-refractivity contribution in [3.8, 4) is 5.75 Å². The SMILES string of the molecule is COc1cc(C)cc(C)c1C(=O)c1ccc2c(c1)CNC2. The fourth-order valence-electron chi connectivity index (χ4n) is 2.96. The number of methoxy groups -OCH3 is 1. The van der Waals surface area contributed by atoms with E-state index in [4.69, 9.17) is 4.74 Å². The Bertz CT molecular complexity index is 719. The van der Waals surface area contributed by atoms with Gasteiger partial charge in [0, 0.05) is 18.7 Å². The molecule has 0 saturated heterocycles. The summed E-state index contributed by atoms with van der Waals surface area (Å²) in [5.41, 5.74) is 5.93. The number of hydrogen-bond acceptors (Lipinski definition) is 3. The predicted octanol–water partition coefficient (Wildman–Crippen LogP) is 3.15. The fraction of sp³-hybridized carbons (Fsp3) is 0.278. The first kappa shape index (κ1) is 13.8. The largest absolute Gasteiger partial charge is 0.496 e. The Morgan fingerprint density at radius 2 is 1.86 bits per heavy atom. The molecule has 0 unspecified atom stereocenters. The number of ether oxygens (including phenoxy) is 1. The van der Waals surface area contributed by atoms with Gasteiger partial charge in [-0.05, 0) is 48.2 Å². The van der Waals surface area contributed by atoms with Crippen LogP contribution in [0.4, 0.5) is 0 Å². The van der Waals surface area contributed by atoms with Crippen LogP contribution in [0.3, 0.4) is 0 Å². The van der Waals surface area contributed by atoms with Crippen molar-refractivity contribution in [2.24, 2.45) is 0 Å². The number of ketones is 1. The summed E-state index contributed by atoms with van der Waals surface area (Å²) >= 11 is 0. The summed E-state index contributed by atoms with van der Waals surface area (Å²) in [6, 6.07) is 9.88.